The van der Waals surface area contributed by atoms with Crippen LogP contribution >= 0.6 is 0 Å². The minimum absolute atomic E-state index is 0.166. The molecule has 1 saturated carbocycles. The molecular formula is C16H23NO. The van der Waals surface area contributed by atoms with Crippen molar-refractivity contribution in [2.75, 3.05) is 5.32 Å². The van der Waals surface area contributed by atoms with Crippen LogP contribution in [0.1, 0.15) is 57.4 Å². The summed E-state index contributed by atoms with van der Waals surface area (Å²) in [5, 5.41) is 3.00. The number of benzene rings is 1. The van der Waals surface area contributed by atoms with Crippen molar-refractivity contribution >= 4 is 11.6 Å². The quantitative estimate of drug-likeness (QED) is 0.840. The molecule has 1 fully saturated rings. The van der Waals surface area contributed by atoms with Crippen LogP contribution in [0.2, 0.25) is 0 Å². The maximum absolute atomic E-state index is 11.9. The number of carbonyl (C=O) groups excluding carboxylic acids is 1. The zero-order chi connectivity index (χ0) is 13.0. The molecule has 1 aliphatic carbocycles. The normalized spacial score (nSPS) is 16.2. The third-order valence-electron chi connectivity index (χ3n) is 3.81. The third kappa shape index (κ3) is 3.59. The SMILES string of the molecule is CC(C)c1ccc(NC(=O)CC2CCCC2)cc1. The van der Waals surface area contributed by atoms with Gasteiger partial charge in [0.1, 0.15) is 0 Å². The lowest BCUT2D eigenvalue weighted by Gasteiger charge is -2.11. The molecule has 0 heterocycles. The van der Waals surface area contributed by atoms with E-state index in [1.54, 1.807) is 0 Å². The van der Waals surface area contributed by atoms with Gasteiger partial charge in [-0.15, -0.1) is 0 Å². The number of hydrogen-bond donors (Lipinski definition) is 1. The number of hydrogen-bond acceptors (Lipinski definition) is 1. The van der Waals surface area contributed by atoms with Gasteiger partial charge in [-0.05, 0) is 42.4 Å². The lowest BCUT2D eigenvalue weighted by atomic mass is 10.0. The van der Waals surface area contributed by atoms with E-state index in [4.69, 9.17) is 0 Å². The maximum Gasteiger partial charge on any atom is 0.224 e. The molecule has 2 rings (SSSR count). The molecule has 0 bridgehead atoms. The third-order valence-corrected chi connectivity index (χ3v) is 3.81. The summed E-state index contributed by atoms with van der Waals surface area (Å²) in [6.45, 7) is 4.35. The average molecular weight is 245 g/mol. The van der Waals surface area contributed by atoms with E-state index < -0.39 is 0 Å². The Bertz CT molecular complexity index is 388. The molecular weight excluding hydrogens is 222 g/mol. The first-order chi connectivity index (χ1) is 8.65. The zero-order valence-electron chi connectivity index (χ0n) is 11.4. The van der Waals surface area contributed by atoms with Gasteiger partial charge in [0.15, 0.2) is 0 Å². The summed E-state index contributed by atoms with van der Waals surface area (Å²) in [7, 11) is 0. The first kappa shape index (κ1) is 13.1. The van der Waals surface area contributed by atoms with E-state index in [0.717, 1.165) is 5.69 Å². The van der Waals surface area contributed by atoms with E-state index in [2.05, 4.69) is 31.3 Å². The predicted octanol–water partition coefficient (Wildman–Crippen LogP) is 4.33. The Labute approximate surface area is 110 Å². The van der Waals surface area contributed by atoms with Crippen molar-refractivity contribution < 1.29 is 4.79 Å². The summed E-state index contributed by atoms with van der Waals surface area (Å²) in [5.41, 5.74) is 2.23. The first-order valence-corrected chi connectivity index (χ1v) is 7.05. The molecule has 2 nitrogen and oxygen atoms in total. The molecule has 1 aliphatic rings. The van der Waals surface area contributed by atoms with Crippen LogP contribution in [0, 0.1) is 5.92 Å². The molecule has 0 radical (unpaired) electrons. The number of anilines is 1. The van der Waals surface area contributed by atoms with Crippen LogP contribution in [0.15, 0.2) is 24.3 Å². The van der Waals surface area contributed by atoms with Gasteiger partial charge in [0.2, 0.25) is 5.91 Å². The van der Waals surface area contributed by atoms with Gasteiger partial charge in [-0.3, -0.25) is 4.79 Å². The Morgan fingerprint density at radius 2 is 1.83 bits per heavy atom. The van der Waals surface area contributed by atoms with Gasteiger partial charge in [-0.25, -0.2) is 0 Å². The summed E-state index contributed by atoms with van der Waals surface area (Å²) in [5.74, 6) is 1.31. The highest BCUT2D eigenvalue weighted by Crippen LogP contribution is 2.27. The second-order valence-electron chi connectivity index (χ2n) is 5.68. The molecule has 0 atom stereocenters. The Hall–Kier alpha value is -1.31. The van der Waals surface area contributed by atoms with Crippen molar-refractivity contribution in [1.82, 2.24) is 0 Å². The van der Waals surface area contributed by atoms with Gasteiger partial charge < -0.3 is 5.32 Å². The number of amides is 1. The van der Waals surface area contributed by atoms with Crippen LogP contribution in [0.5, 0.6) is 0 Å². The molecule has 1 aromatic carbocycles. The number of carbonyl (C=O) groups is 1. The monoisotopic (exact) mass is 245 g/mol. The summed E-state index contributed by atoms with van der Waals surface area (Å²) >= 11 is 0. The van der Waals surface area contributed by atoms with Gasteiger partial charge in [0.25, 0.3) is 0 Å². The fourth-order valence-electron chi connectivity index (χ4n) is 2.64. The Morgan fingerprint density at radius 3 is 2.39 bits per heavy atom. The summed E-state index contributed by atoms with van der Waals surface area (Å²) < 4.78 is 0. The summed E-state index contributed by atoms with van der Waals surface area (Å²) in [4.78, 5) is 11.9. The minimum atomic E-state index is 0.166. The minimum Gasteiger partial charge on any atom is -0.326 e. The molecule has 0 spiro atoms. The number of nitrogens with one attached hydrogen (secondary N) is 1. The van der Waals surface area contributed by atoms with Gasteiger partial charge >= 0.3 is 0 Å². The largest absolute Gasteiger partial charge is 0.326 e. The van der Waals surface area contributed by atoms with Crippen LogP contribution in [0.3, 0.4) is 0 Å². The smallest absolute Gasteiger partial charge is 0.224 e. The van der Waals surface area contributed by atoms with Crippen LogP contribution in [-0.2, 0) is 4.79 Å². The average Bonchev–Trinajstić information content (AvgIpc) is 2.82. The van der Waals surface area contributed by atoms with Crippen molar-refractivity contribution in [1.29, 1.82) is 0 Å². The van der Waals surface area contributed by atoms with E-state index >= 15 is 0 Å². The highest BCUT2D eigenvalue weighted by molar-refractivity contribution is 5.90. The van der Waals surface area contributed by atoms with E-state index in [1.807, 2.05) is 12.1 Å². The molecule has 1 amide bonds. The maximum atomic E-state index is 11.9. The van der Waals surface area contributed by atoms with Gasteiger partial charge in [-0.2, -0.15) is 0 Å². The predicted molar refractivity (Wildman–Crippen MR) is 75.7 cm³/mol. The van der Waals surface area contributed by atoms with Crippen LogP contribution in [-0.4, -0.2) is 5.91 Å². The lowest BCUT2D eigenvalue weighted by molar-refractivity contribution is -0.117. The lowest BCUT2D eigenvalue weighted by Crippen LogP contribution is -2.15. The Kier molecular flexibility index (Phi) is 4.40. The standard InChI is InChI=1S/C16H23NO/c1-12(2)14-7-9-15(10-8-14)17-16(18)11-13-5-3-4-6-13/h7-10,12-13H,3-6,11H2,1-2H3,(H,17,18). The molecule has 0 unspecified atom stereocenters. The number of rotatable bonds is 4. The molecule has 1 aromatic rings. The van der Waals surface area contributed by atoms with Crippen LogP contribution in [0.4, 0.5) is 5.69 Å². The van der Waals surface area contributed by atoms with Gasteiger partial charge in [-0.1, -0.05) is 38.8 Å². The Balaban J connectivity index is 1.86. The van der Waals surface area contributed by atoms with Gasteiger partial charge in [0, 0.05) is 12.1 Å². The Morgan fingerprint density at radius 1 is 1.22 bits per heavy atom. The summed E-state index contributed by atoms with van der Waals surface area (Å²) in [6.07, 6.45) is 5.72. The van der Waals surface area contributed by atoms with Crippen LogP contribution < -0.4 is 5.32 Å². The van der Waals surface area contributed by atoms with Gasteiger partial charge in [0.05, 0.1) is 0 Å². The fraction of sp³-hybridized carbons (Fsp3) is 0.562. The van der Waals surface area contributed by atoms with Crippen molar-refractivity contribution in [2.24, 2.45) is 5.92 Å². The van der Waals surface area contributed by atoms with E-state index in [-0.39, 0.29) is 5.91 Å². The van der Waals surface area contributed by atoms with E-state index in [0.29, 0.717) is 18.3 Å². The highest BCUT2D eigenvalue weighted by Gasteiger charge is 2.18. The van der Waals surface area contributed by atoms with Crippen molar-refractivity contribution in [3.8, 4) is 0 Å². The topological polar surface area (TPSA) is 29.1 Å². The van der Waals surface area contributed by atoms with Crippen molar-refractivity contribution in [2.45, 2.75) is 51.9 Å². The molecule has 0 aromatic heterocycles. The summed E-state index contributed by atoms with van der Waals surface area (Å²) in [6, 6.07) is 8.19. The van der Waals surface area contributed by atoms with E-state index in [1.165, 1.54) is 31.2 Å². The second-order valence-corrected chi connectivity index (χ2v) is 5.68. The van der Waals surface area contributed by atoms with Crippen molar-refractivity contribution in [3.63, 3.8) is 0 Å². The molecule has 0 saturated heterocycles. The molecule has 0 aliphatic heterocycles. The molecule has 98 valence electrons. The zero-order valence-corrected chi connectivity index (χ0v) is 11.4. The molecule has 2 heteroatoms. The highest BCUT2D eigenvalue weighted by atomic mass is 16.1. The molecule has 18 heavy (non-hydrogen) atoms. The van der Waals surface area contributed by atoms with Crippen LogP contribution in [0.25, 0.3) is 0 Å². The van der Waals surface area contributed by atoms with Crippen molar-refractivity contribution in [3.05, 3.63) is 29.8 Å². The fourth-order valence-corrected chi connectivity index (χ4v) is 2.64. The molecule has 1 N–H and O–H groups in total. The van der Waals surface area contributed by atoms with E-state index in [9.17, 15) is 4.79 Å². The second kappa shape index (κ2) is 6.03. The first-order valence-electron chi connectivity index (χ1n) is 7.05.